The number of benzene rings is 1. The predicted octanol–water partition coefficient (Wildman–Crippen LogP) is 1.01. The molecule has 8 nitrogen and oxygen atoms in total. The number of hydrazine groups is 1. The SMILES string of the molecule is CCN1C(=O)C2CCNN2C2CCC(C(=O)NCc3ccc4c(c3)OCO4)CC21. The number of piperazine rings is 1. The van der Waals surface area contributed by atoms with E-state index in [1.54, 1.807) is 0 Å². The van der Waals surface area contributed by atoms with E-state index in [2.05, 4.69) is 15.8 Å². The molecule has 3 fully saturated rings. The molecule has 5 rings (SSSR count). The van der Waals surface area contributed by atoms with Crippen LogP contribution in [0.25, 0.3) is 0 Å². The highest BCUT2D eigenvalue weighted by molar-refractivity contribution is 5.84. The predicted molar refractivity (Wildman–Crippen MR) is 105 cm³/mol. The molecule has 156 valence electrons. The zero-order valence-corrected chi connectivity index (χ0v) is 16.7. The Morgan fingerprint density at radius 2 is 2.07 bits per heavy atom. The van der Waals surface area contributed by atoms with Crippen LogP contribution < -0.4 is 20.2 Å². The Balaban J connectivity index is 1.23. The third-order valence-corrected chi connectivity index (χ3v) is 6.77. The van der Waals surface area contributed by atoms with Crippen LogP contribution in [0.15, 0.2) is 18.2 Å². The molecule has 1 aromatic rings. The molecular weight excluding hydrogens is 372 g/mol. The molecule has 0 radical (unpaired) electrons. The second-order valence-corrected chi connectivity index (χ2v) is 8.29. The number of nitrogens with one attached hydrogen (secondary N) is 2. The number of nitrogens with zero attached hydrogens (tertiary/aromatic N) is 2. The third kappa shape index (κ3) is 3.24. The first kappa shape index (κ1) is 18.7. The van der Waals surface area contributed by atoms with Crippen molar-refractivity contribution in [2.45, 2.75) is 57.3 Å². The van der Waals surface area contributed by atoms with Gasteiger partial charge in [-0.05, 0) is 50.3 Å². The molecule has 1 saturated carbocycles. The van der Waals surface area contributed by atoms with Crippen molar-refractivity contribution in [1.29, 1.82) is 0 Å². The van der Waals surface area contributed by atoms with E-state index in [1.165, 1.54) is 0 Å². The third-order valence-electron chi connectivity index (χ3n) is 6.77. The van der Waals surface area contributed by atoms with Gasteiger partial charge in [0.25, 0.3) is 0 Å². The largest absolute Gasteiger partial charge is 0.454 e. The first-order chi connectivity index (χ1) is 14.2. The number of amides is 2. The van der Waals surface area contributed by atoms with Crippen molar-refractivity contribution in [3.05, 3.63) is 23.8 Å². The standard InChI is InChI=1S/C21H28N4O4/c1-2-24-17-10-14(4-5-15(17)25-16(21(24)27)7-8-23-25)20(26)22-11-13-3-6-18-19(9-13)29-12-28-18/h3,6,9,14-17,23H,2,4-5,7-8,10-12H2,1H3,(H,22,26). The van der Waals surface area contributed by atoms with Crippen LogP contribution in [0.2, 0.25) is 0 Å². The highest BCUT2D eigenvalue weighted by atomic mass is 16.7. The summed E-state index contributed by atoms with van der Waals surface area (Å²) in [5.74, 6) is 1.69. The van der Waals surface area contributed by atoms with E-state index in [0.717, 1.165) is 49.3 Å². The van der Waals surface area contributed by atoms with Crippen LogP contribution in [0, 0.1) is 5.92 Å². The van der Waals surface area contributed by atoms with E-state index >= 15 is 0 Å². The minimum atomic E-state index is -0.0636. The number of carbonyl (C=O) groups is 2. The zero-order chi connectivity index (χ0) is 20.0. The molecule has 0 bridgehead atoms. The Bertz CT molecular complexity index is 816. The Kier molecular flexibility index (Phi) is 4.83. The van der Waals surface area contributed by atoms with Gasteiger partial charge >= 0.3 is 0 Å². The molecule has 2 N–H and O–H groups in total. The van der Waals surface area contributed by atoms with E-state index in [0.29, 0.717) is 19.1 Å². The van der Waals surface area contributed by atoms with E-state index in [1.807, 2.05) is 30.0 Å². The van der Waals surface area contributed by atoms with Crippen LogP contribution in [-0.2, 0) is 16.1 Å². The average Bonchev–Trinajstić information content (AvgIpc) is 3.41. The van der Waals surface area contributed by atoms with Crippen molar-refractivity contribution in [2.75, 3.05) is 19.9 Å². The second-order valence-electron chi connectivity index (χ2n) is 8.29. The zero-order valence-electron chi connectivity index (χ0n) is 16.7. The van der Waals surface area contributed by atoms with Crippen molar-refractivity contribution in [1.82, 2.24) is 20.7 Å². The van der Waals surface area contributed by atoms with Gasteiger partial charge in [0.1, 0.15) is 6.04 Å². The molecule has 1 aromatic carbocycles. The second kappa shape index (κ2) is 7.50. The van der Waals surface area contributed by atoms with Gasteiger partial charge in [0, 0.05) is 37.6 Å². The lowest BCUT2D eigenvalue weighted by Crippen LogP contribution is -2.68. The van der Waals surface area contributed by atoms with Gasteiger partial charge in [0.2, 0.25) is 18.6 Å². The molecule has 2 saturated heterocycles. The Morgan fingerprint density at radius 1 is 1.21 bits per heavy atom. The van der Waals surface area contributed by atoms with E-state index < -0.39 is 0 Å². The van der Waals surface area contributed by atoms with Gasteiger partial charge in [-0.3, -0.25) is 15.0 Å². The first-order valence-electron chi connectivity index (χ1n) is 10.6. The fourth-order valence-corrected chi connectivity index (χ4v) is 5.33. The molecule has 0 spiro atoms. The molecule has 4 atom stereocenters. The lowest BCUT2D eigenvalue weighted by Gasteiger charge is -2.51. The van der Waals surface area contributed by atoms with Crippen LogP contribution in [0.4, 0.5) is 0 Å². The van der Waals surface area contributed by atoms with Crippen molar-refractivity contribution in [3.8, 4) is 11.5 Å². The van der Waals surface area contributed by atoms with Gasteiger partial charge in [-0.15, -0.1) is 0 Å². The van der Waals surface area contributed by atoms with Crippen LogP contribution in [0.3, 0.4) is 0 Å². The van der Waals surface area contributed by atoms with E-state index in [9.17, 15) is 9.59 Å². The fourth-order valence-electron chi connectivity index (χ4n) is 5.33. The van der Waals surface area contributed by atoms with Gasteiger partial charge in [0.15, 0.2) is 11.5 Å². The molecule has 8 heteroatoms. The maximum atomic E-state index is 12.9. The van der Waals surface area contributed by atoms with Crippen LogP contribution in [0.5, 0.6) is 11.5 Å². The highest BCUT2D eigenvalue weighted by Crippen LogP contribution is 2.37. The maximum absolute atomic E-state index is 12.9. The van der Waals surface area contributed by atoms with Gasteiger partial charge in [-0.2, -0.15) is 0 Å². The molecule has 4 unspecified atom stereocenters. The molecule has 0 aromatic heterocycles. The summed E-state index contributed by atoms with van der Waals surface area (Å²) in [5.41, 5.74) is 4.40. The number of fused-ring (bicyclic) bond motifs is 4. The van der Waals surface area contributed by atoms with Crippen molar-refractivity contribution < 1.29 is 19.1 Å². The number of hydrogen-bond acceptors (Lipinski definition) is 6. The summed E-state index contributed by atoms with van der Waals surface area (Å²) in [6, 6.07) is 6.11. The summed E-state index contributed by atoms with van der Waals surface area (Å²) in [7, 11) is 0. The maximum Gasteiger partial charge on any atom is 0.241 e. The normalized spacial score (nSPS) is 30.8. The number of rotatable bonds is 4. The lowest BCUT2D eigenvalue weighted by molar-refractivity contribution is -0.155. The molecule has 4 aliphatic rings. The number of ether oxygens (including phenoxy) is 2. The first-order valence-corrected chi connectivity index (χ1v) is 10.6. The summed E-state index contributed by atoms with van der Waals surface area (Å²) in [4.78, 5) is 27.8. The summed E-state index contributed by atoms with van der Waals surface area (Å²) >= 11 is 0. The van der Waals surface area contributed by atoms with E-state index in [-0.39, 0.29) is 36.6 Å². The minimum Gasteiger partial charge on any atom is -0.454 e. The van der Waals surface area contributed by atoms with Crippen LogP contribution in [-0.4, -0.2) is 59.7 Å². The molecular formula is C21H28N4O4. The van der Waals surface area contributed by atoms with Crippen molar-refractivity contribution in [2.24, 2.45) is 5.92 Å². The van der Waals surface area contributed by atoms with Crippen molar-refractivity contribution in [3.63, 3.8) is 0 Å². The average molecular weight is 400 g/mol. The Hall–Kier alpha value is -2.32. The minimum absolute atomic E-state index is 0.0346. The fraction of sp³-hybridized carbons (Fsp3) is 0.619. The lowest BCUT2D eigenvalue weighted by atomic mass is 9.78. The van der Waals surface area contributed by atoms with Gasteiger partial charge in [-0.25, -0.2) is 5.01 Å². The molecule has 29 heavy (non-hydrogen) atoms. The highest BCUT2D eigenvalue weighted by Gasteiger charge is 2.50. The molecule has 3 heterocycles. The summed E-state index contributed by atoms with van der Waals surface area (Å²) in [5, 5.41) is 5.26. The quantitative estimate of drug-likeness (QED) is 0.785. The summed E-state index contributed by atoms with van der Waals surface area (Å²) in [6.45, 7) is 4.31. The smallest absolute Gasteiger partial charge is 0.241 e. The van der Waals surface area contributed by atoms with Gasteiger partial charge in [-0.1, -0.05) is 6.07 Å². The molecule has 3 aliphatic heterocycles. The van der Waals surface area contributed by atoms with Gasteiger partial charge < -0.3 is 19.7 Å². The number of carbonyl (C=O) groups excluding carboxylic acids is 2. The number of likely N-dealkylation sites (N-methyl/N-ethyl adjacent to an activating group) is 1. The Morgan fingerprint density at radius 3 is 2.93 bits per heavy atom. The molecule has 2 amide bonds. The summed E-state index contributed by atoms with van der Waals surface area (Å²) < 4.78 is 10.7. The van der Waals surface area contributed by atoms with Crippen LogP contribution >= 0.6 is 0 Å². The monoisotopic (exact) mass is 400 g/mol. The van der Waals surface area contributed by atoms with Crippen LogP contribution in [0.1, 0.15) is 38.2 Å². The van der Waals surface area contributed by atoms with E-state index in [4.69, 9.17) is 9.47 Å². The Labute approximate surface area is 170 Å². The molecule has 1 aliphatic carbocycles. The number of hydrogen-bond donors (Lipinski definition) is 2. The van der Waals surface area contributed by atoms with Gasteiger partial charge in [0.05, 0.1) is 0 Å². The summed E-state index contributed by atoms with van der Waals surface area (Å²) in [6.07, 6.45) is 3.38. The topological polar surface area (TPSA) is 83.1 Å². The van der Waals surface area contributed by atoms with Crippen molar-refractivity contribution >= 4 is 11.8 Å².